The Hall–Kier alpha value is -4.18. The van der Waals surface area contributed by atoms with Crippen LogP contribution in [-0.2, 0) is 21.7 Å². The van der Waals surface area contributed by atoms with Crippen LogP contribution in [0.3, 0.4) is 0 Å². The maximum Gasteiger partial charge on any atom is 0.441 e. The molecular formula is C49H56O4P+. The zero-order valence-corrected chi connectivity index (χ0v) is 34.9. The average molecular weight is 740 g/mol. The van der Waals surface area contributed by atoms with Gasteiger partial charge in [-0.25, -0.2) is 0 Å². The van der Waals surface area contributed by atoms with Crippen LogP contribution >= 0.6 is 7.94 Å². The van der Waals surface area contributed by atoms with E-state index in [0.717, 1.165) is 43.8 Å². The summed E-state index contributed by atoms with van der Waals surface area (Å²) in [6.45, 7) is 26.2. The van der Waals surface area contributed by atoms with Crippen molar-refractivity contribution in [2.24, 2.45) is 0 Å². The van der Waals surface area contributed by atoms with Crippen LogP contribution in [0.2, 0.25) is 0 Å². The van der Waals surface area contributed by atoms with Crippen molar-refractivity contribution in [2.45, 2.75) is 105 Å². The van der Waals surface area contributed by atoms with Gasteiger partial charge in [0.15, 0.2) is 11.1 Å². The highest BCUT2D eigenvalue weighted by Crippen LogP contribution is 2.52. The van der Waals surface area contributed by atoms with Crippen LogP contribution in [0.25, 0.3) is 43.8 Å². The molecule has 3 N–H and O–H groups in total. The molecule has 6 aromatic carbocycles. The number of hydrogen-bond acceptors (Lipinski definition) is 4. The van der Waals surface area contributed by atoms with Gasteiger partial charge in [-0.05, 0) is 113 Å². The van der Waals surface area contributed by atoms with Gasteiger partial charge in [-0.2, -0.15) is 14.7 Å². The molecule has 0 saturated heterocycles. The van der Waals surface area contributed by atoms with Gasteiger partial charge < -0.3 is 0 Å². The van der Waals surface area contributed by atoms with E-state index < -0.39 is 13.4 Å². The molecule has 6 rings (SSSR count). The summed E-state index contributed by atoms with van der Waals surface area (Å²) in [4.78, 5) is 48.8. The molecule has 0 spiro atoms. The topological polar surface area (TPSA) is 77.8 Å². The summed E-state index contributed by atoms with van der Waals surface area (Å²) in [7, 11) is -4.64. The minimum Gasteiger partial charge on any atom is -0.289 e. The number of hydrogen-bond donors (Lipinski definition) is 3. The van der Waals surface area contributed by atoms with E-state index in [0.29, 0.717) is 22.3 Å². The minimum atomic E-state index is -4.64. The van der Waals surface area contributed by atoms with Gasteiger partial charge in [0.1, 0.15) is 0 Å². The fourth-order valence-electron chi connectivity index (χ4n) is 7.51. The molecule has 0 unspecified atom stereocenters. The van der Waals surface area contributed by atoms with Crippen LogP contribution in [0.5, 0.6) is 0 Å². The second-order valence-electron chi connectivity index (χ2n) is 19.1. The molecular weight excluding hydrogens is 684 g/mol. The maximum atomic E-state index is 14.8. The molecule has 6 aromatic rings. The van der Waals surface area contributed by atoms with E-state index in [1.807, 2.05) is 30.3 Å². The van der Waals surface area contributed by atoms with Gasteiger partial charge in [-0.1, -0.05) is 150 Å². The van der Waals surface area contributed by atoms with E-state index in [4.69, 9.17) is 0 Å². The Morgan fingerprint density at radius 1 is 0.463 bits per heavy atom. The molecule has 0 heterocycles. The second kappa shape index (κ2) is 13.5. The number of benzene rings is 6. The monoisotopic (exact) mass is 739 g/mol. The highest BCUT2D eigenvalue weighted by molar-refractivity contribution is 7.67. The molecule has 0 radical (unpaired) electrons. The standard InChI is InChI=1S/C49H56O4P/c1-46(2,3)35-20-18-31-26-38(40(48(7,8)9)28-33(31)24-35)43-37(45(50)30-16-14-13-15-17-30)22-23-42(54(51,52)53)44(43)39-27-32-19-21-36(47(4,5)6)25-34(32)29-41(39)49(10,11)12/h13-29,51-53H,1-12H3/q+1. The smallest absolute Gasteiger partial charge is 0.289 e. The highest BCUT2D eigenvalue weighted by Gasteiger charge is 2.42. The lowest BCUT2D eigenvalue weighted by molar-refractivity contribution is 0.103. The summed E-state index contributed by atoms with van der Waals surface area (Å²) in [6.07, 6.45) is 0. The summed E-state index contributed by atoms with van der Waals surface area (Å²) in [5.41, 5.74) is 7.06. The Morgan fingerprint density at radius 2 is 0.907 bits per heavy atom. The predicted molar refractivity (Wildman–Crippen MR) is 230 cm³/mol. The van der Waals surface area contributed by atoms with Crippen LogP contribution in [-0.4, -0.2) is 20.5 Å². The van der Waals surface area contributed by atoms with E-state index in [1.54, 1.807) is 6.07 Å². The lowest BCUT2D eigenvalue weighted by Crippen LogP contribution is -2.21. The van der Waals surface area contributed by atoms with Crippen molar-refractivity contribution in [3.63, 3.8) is 0 Å². The number of ketones is 1. The molecule has 54 heavy (non-hydrogen) atoms. The van der Waals surface area contributed by atoms with Gasteiger partial charge in [0, 0.05) is 22.3 Å². The van der Waals surface area contributed by atoms with E-state index in [-0.39, 0.29) is 27.3 Å². The van der Waals surface area contributed by atoms with Crippen molar-refractivity contribution < 1.29 is 19.5 Å². The van der Waals surface area contributed by atoms with Crippen LogP contribution < -0.4 is 5.30 Å². The highest BCUT2D eigenvalue weighted by atomic mass is 31.2. The van der Waals surface area contributed by atoms with Crippen molar-refractivity contribution in [3.8, 4) is 22.3 Å². The molecule has 0 aliphatic carbocycles. The van der Waals surface area contributed by atoms with Crippen LogP contribution in [0.15, 0.2) is 103 Å². The Bertz CT molecular complexity index is 2410. The normalized spacial score (nSPS) is 13.2. The predicted octanol–water partition coefficient (Wildman–Crippen LogP) is 12.1. The van der Waals surface area contributed by atoms with Crippen molar-refractivity contribution in [2.75, 3.05) is 0 Å². The number of carbonyl (C=O) groups excluding carboxylic acids is 1. The van der Waals surface area contributed by atoms with Gasteiger partial charge in [0.25, 0.3) is 0 Å². The SMILES string of the molecule is CC(C)(C)c1ccc2cc(-c3c(C(=O)c4ccccc4)ccc([P+](O)(O)O)c3-c3cc4ccc(C(C)(C)C)cc4cc3C(C)(C)C)c(C(C)(C)C)cc2c1. The van der Waals surface area contributed by atoms with Gasteiger partial charge >= 0.3 is 7.94 Å². The fourth-order valence-corrected chi connectivity index (χ4v) is 8.32. The molecule has 0 aromatic heterocycles. The third kappa shape index (κ3) is 7.68. The third-order valence-electron chi connectivity index (χ3n) is 10.6. The zero-order chi connectivity index (χ0) is 39.8. The molecule has 0 aliphatic rings. The Labute approximate surface area is 322 Å². The molecule has 0 amide bonds. The molecule has 0 fully saturated rings. The minimum absolute atomic E-state index is 0.0151. The molecule has 0 aliphatic heterocycles. The van der Waals surface area contributed by atoms with Gasteiger partial charge in [0.2, 0.25) is 0 Å². The summed E-state index contributed by atoms with van der Waals surface area (Å²) in [5.74, 6) is -0.188. The molecule has 0 bridgehead atoms. The van der Waals surface area contributed by atoms with Gasteiger partial charge in [-0.3, -0.25) is 4.79 Å². The average Bonchev–Trinajstić information content (AvgIpc) is 3.07. The van der Waals surface area contributed by atoms with E-state index in [9.17, 15) is 19.5 Å². The molecule has 4 nitrogen and oxygen atoms in total. The number of rotatable bonds is 5. The summed E-state index contributed by atoms with van der Waals surface area (Å²) >= 11 is 0. The van der Waals surface area contributed by atoms with Crippen molar-refractivity contribution >= 4 is 40.6 Å². The molecule has 0 atom stereocenters. The summed E-state index contributed by atoms with van der Waals surface area (Å²) in [6, 6.07) is 34.1. The first-order chi connectivity index (χ1) is 24.9. The van der Waals surface area contributed by atoms with E-state index in [1.165, 1.54) is 17.2 Å². The first-order valence-corrected chi connectivity index (χ1v) is 20.5. The third-order valence-corrected chi connectivity index (χ3v) is 11.6. The Kier molecular flexibility index (Phi) is 9.90. The second-order valence-corrected chi connectivity index (χ2v) is 20.7. The Balaban J connectivity index is 1.85. The first kappa shape index (κ1) is 39.5. The van der Waals surface area contributed by atoms with Crippen molar-refractivity contribution in [1.29, 1.82) is 0 Å². The Morgan fingerprint density at radius 3 is 1.31 bits per heavy atom. The quantitative estimate of drug-likeness (QED) is 0.122. The van der Waals surface area contributed by atoms with Crippen molar-refractivity contribution in [1.82, 2.24) is 0 Å². The van der Waals surface area contributed by atoms with E-state index >= 15 is 0 Å². The lowest BCUT2D eigenvalue weighted by atomic mass is 9.74. The van der Waals surface area contributed by atoms with Crippen LogP contribution in [0.1, 0.15) is 121 Å². The van der Waals surface area contributed by atoms with Crippen LogP contribution in [0, 0.1) is 0 Å². The lowest BCUT2D eigenvalue weighted by Gasteiger charge is -2.30. The number of carbonyl (C=O) groups is 1. The van der Waals surface area contributed by atoms with Gasteiger partial charge in [0.05, 0.1) is 0 Å². The summed E-state index contributed by atoms with van der Waals surface area (Å²) in [5, 5.41) is 4.16. The van der Waals surface area contributed by atoms with Crippen molar-refractivity contribution in [3.05, 3.63) is 137 Å². The molecule has 0 saturated carbocycles. The first-order valence-electron chi connectivity index (χ1n) is 18.9. The maximum absolute atomic E-state index is 14.8. The number of fused-ring (bicyclic) bond motifs is 2. The molecule has 280 valence electrons. The van der Waals surface area contributed by atoms with Gasteiger partial charge in [-0.15, -0.1) is 0 Å². The zero-order valence-electron chi connectivity index (χ0n) is 34.0. The fraction of sp³-hybridized carbons (Fsp3) is 0.327. The van der Waals surface area contributed by atoms with E-state index in [2.05, 4.69) is 144 Å². The van der Waals surface area contributed by atoms with Crippen LogP contribution in [0.4, 0.5) is 0 Å². The summed E-state index contributed by atoms with van der Waals surface area (Å²) < 4.78 is 0. The molecule has 5 heteroatoms. The largest absolute Gasteiger partial charge is 0.441 e.